The minimum atomic E-state index is 1.15. The molecule has 1 aromatic rings. The maximum atomic E-state index is 6.97. The molecule has 0 aliphatic heterocycles. The summed E-state index contributed by atoms with van der Waals surface area (Å²) in [5, 5.41) is 0. The van der Waals surface area contributed by atoms with Gasteiger partial charge in [0.15, 0.2) is 0 Å². The van der Waals surface area contributed by atoms with Crippen LogP contribution >= 0.6 is 23.0 Å². The predicted octanol–water partition coefficient (Wildman–Crippen LogP) is 1.41. The van der Waals surface area contributed by atoms with Crippen molar-refractivity contribution in [1.29, 1.82) is 0 Å². The molecular weight excluding hydrogens is 217 g/mol. The van der Waals surface area contributed by atoms with Gasteiger partial charge in [0, 0.05) is 12.4 Å². The summed E-state index contributed by atoms with van der Waals surface area (Å²) in [6.07, 6.45) is 3.50. The van der Waals surface area contributed by atoms with Gasteiger partial charge in [0.2, 0.25) is 0 Å². The van der Waals surface area contributed by atoms with Crippen LogP contribution < -0.4 is 0 Å². The molecule has 0 amide bonds. The Hall–Kier alpha value is -0.160. The highest BCUT2D eigenvalue weighted by Crippen LogP contribution is 1.73. The SMILES string of the molecule is OI.c1ccncc1. The lowest BCUT2D eigenvalue weighted by atomic mass is 10.5. The Morgan fingerprint density at radius 1 is 1.00 bits per heavy atom. The van der Waals surface area contributed by atoms with Gasteiger partial charge in [-0.05, 0) is 12.1 Å². The Morgan fingerprint density at radius 3 is 1.62 bits per heavy atom. The van der Waals surface area contributed by atoms with E-state index in [-0.39, 0.29) is 0 Å². The monoisotopic (exact) mass is 223 g/mol. The molecule has 2 nitrogen and oxygen atoms in total. The lowest BCUT2D eigenvalue weighted by molar-refractivity contribution is 0.748. The number of rotatable bonds is 0. The molecule has 44 valence electrons. The van der Waals surface area contributed by atoms with Crippen molar-refractivity contribution >= 4 is 23.0 Å². The van der Waals surface area contributed by atoms with Crippen LogP contribution in [0.1, 0.15) is 0 Å². The average molecular weight is 223 g/mol. The second kappa shape index (κ2) is 6.84. The smallest absolute Gasteiger partial charge is 0.106 e. The molecule has 0 saturated carbocycles. The Morgan fingerprint density at radius 2 is 1.50 bits per heavy atom. The first kappa shape index (κ1) is 7.84. The fourth-order valence-electron chi connectivity index (χ4n) is 0.313. The standard InChI is InChI=1S/C5H5N.HIO/c1-2-4-6-5-3-1;1-2/h1-5H;2H. The van der Waals surface area contributed by atoms with Gasteiger partial charge >= 0.3 is 0 Å². The van der Waals surface area contributed by atoms with E-state index in [1.807, 2.05) is 18.2 Å². The minimum Gasteiger partial charge on any atom is -0.331 e. The van der Waals surface area contributed by atoms with E-state index in [0.717, 1.165) is 23.0 Å². The van der Waals surface area contributed by atoms with Crippen LogP contribution in [-0.4, -0.2) is 8.42 Å². The van der Waals surface area contributed by atoms with Crippen molar-refractivity contribution in [3.63, 3.8) is 0 Å². The summed E-state index contributed by atoms with van der Waals surface area (Å²) in [7, 11) is 0. The Labute approximate surface area is 62.3 Å². The molecule has 0 unspecified atom stereocenters. The molecule has 0 bridgehead atoms. The molecular formula is C5H6INO. The van der Waals surface area contributed by atoms with Crippen LogP contribution in [0.5, 0.6) is 0 Å². The Kier molecular flexibility index (Phi) is 6.70. The largest absolute Gasteiger partial charge is 0.331 e. The number of hydrogen-bond acceptors (Lipinski definition) is 2. The minimum absolute atomic E-state index is 1.15. The van der Waals surface area contributed by atoms with Gasteiger partial charge in [-0.2, -0.15) is 0 Å². The van der Waals surface area contributed by atoms with E-state index < -0.39 is 0 Å². The van der Waals surface area contributed by atoms with Crippen molar-refractivity contribution in [3.8, 4) is 0 Å². The highest BCUT2D eigenvalue weighted by Gasteiger charge is 1.58. The van der Waals surface area contributed by atoms with Crippen molar-refractivity contribution in [3.05, 3.63) is 30.6 Å². The molecule has 1 N–H and O–H groups in total. The summed E-state index contributed by atoms with van der Waals surface area (Å²) in [6.45, 7) is 0. The molecule has 0 spiro atoms. The summed E-state index contributed by atoms with van der Waals surface area (Å²) in [5.41, 5.74) is 0. The van der Waals surface area contributed by atoms with Crippen LogP contribution in [0.4, 0.5) is 0 Å². The van der Waals surface area contributed by atoms with Crippen LogP contribution in [0.25, 0.3) is 0 Å². The van der Waals surface area contributed by atoms with Gasteiger partial charge < -0.3 is 3.44 Å². The molecule has 0 aliphatic rings. The van der Waals surface area contributed by atoms with Crippen LogP contribution in [-0.2, 0) is 0 Å². The second-order valence-corrected chi connectivity index (χ2v) is 1.02. The van der Waals surface area contributed by atoms with Crippen LogP contribution in [0.15, 0.2) is 30.6 Å². The Balaban J connectivity index is 0.000000222. The lowest BCUT2D eigenvalue weighted by Crippen LogP contribution is -1.58. The van der Waals surface area contributed by atoms with Gasteiger partial charge in [-0.3, -0.25) is 4.98 Å². The van der Waals surface area contributed by atoms with E-state index in [0.29, 0.717) is 0 Å². The molecule has 1 rings (SSSR count). The fraction of sp³-hybridized carbons (Fsp3) is 0. The first-order chi connectivity index (χ1) is 4.00. The zero-order chi connectivity index (χ0) is 6.24. The maximum Gasteiger partial charge on any atom is 0.106 e. The normalized spacial score (nSPS) is 6.75. The Bertz CT molecular complexity index is 84.4. The van der Waals surface area contributed by atoms with Gasteiger partial charge in [-0.1, -0.05) is 6.07 Å². The van der Waals surface area contributed by atoms with Crippen molar-refractivity contribution in [2.45, 2.75) is 0 Å². The van der Waals surface area contributed by atoms with Crippen LogP contribution in [0, 0.1) is 0 Å². The van der Waals surface area contributed by atoms with Gasteiger partial charge in [-0.15, -0.1) is 0 Å². The van der Waals surface area contributed by atoms with Crippen molar-refractivity contribution in [2.75, 3.05) is 0 Å². The highest BCUT2D eigenvalue weighted by molar-refractivity contribution is 14.1. The molecule has 3 heteroatoms. The maximum absolute atomic E-state index is 6.97. The highest BCUT2D eigenvalue weighted by atomic mass is 127. The molecule has 0 saturated heterocycles. The topological polar surface area (TPSA) is 33.1 Å². The van der Waals surface area contributed by atoms with Crippen molar-refractivity contribution in [1.82, 2.24) is 4.98 Å². The van der Waals surface area contributed by atoms with E-state index in [1.165, 1.54) is 0 Å². The third-order valence-electron chi connectivity index (χ3n) is 0.566. The number of pyridine rings is 1. The van der Waals surface area contributed by atoms with Crippen LogP contribution in [0.2, 0.25) is 0 Å². The number of halogens is 1. The van der Waals surface area contributed by atoms with Crippen LogP contribution in [0.3, 0.4) is 0 Å². The van der Waals surface area contributed by atoms with Crippen molar-refractivity contribution < 1.29 is 3.44 Å². The molecule has 8 heavy (non-hydrogen) atoms. The van der Waals surface area contributed by atoms with E-state index in [4.69, 9.17) is 3.44 Å². The number of hydrogen-bond donors (Lipinski definition) is 1. The van der Waals surface area contributed by atoms with Gasteiger partial charge in [-0.25, -0.2) is 0 Å². The molecule has 0 fully saturated rings. The third kappa shape index (κ3) is 4.01. The predicted molar refractivity (Wildman–Crippen MR) is 40.5 cm³/mol. The molecule has 0 atom stereocenters. The molecule has 1 aromatic heterocycles. The second-order valence-electron chi connectivity index (χ2n) is 1.02. The summed E-state index contributed by atoms with van der Waals surface area (Å²) >= 11 is 1.15. The number of nitrogens with zero attached hydrogens (tertiary/aromatic N) is 1. The van der Waals surface area contributed by atoms with Crippen molar-refractivity contribution in [2.24, 2.45) is 0 Å². The molecule has 0 radical (unpaired) electrons. The zero-order valence-corrected chi connectivity index (χ0v) is 6.32. The van der Waals surface area contributed by atoms with E-state index in [2.05, 4.69) is 4.98 Å². The van der Waals surface area contributed by atoms with E-state index in [1.54, 1.807) is 12.4 Å². The first-order valence-corrected chi connectivity index (χ1v) is 2.98. The molecule has 0 aromatic carbocycles. The van der Waals surface area contributed by atoms with Gasteiger partial charge in [0.1, 0.15) is 23.0 Å². The first-order valence-electron chi connectivity index (χ1n) is 2.02. The van der Waals surface area contributed by atoms with E-state index >= 15 is 0 Å². The molecule has 1 heterocycles. The average Bonchev–Trinajstić information content (AvgIpc) is 1.96. The zero-order valence-electron chi connectivity index (χ0n) is 4.16. The molecule has 0 aliphatic carbocycles. The third-order valence-corrected chi connectivity index (χ3v) is 0.566. The fourth-order valence-corrected chi connectivity index (χ4v) is 0.313. The lowest BCUT2D eigenvalue weighted by Gasteiger charge is -1.70. The quantitative estimate of drug-likeness (QED) is 0.674. The summed E-state index contributed by atoms with van der Waals surface area (Å²) in [6, 6.07) is 5.72. The summed E-state index contributed by atoms with van der Waals surface area (Å²) < 4.78 is 6.97. The summed E-state index contributed by atoms with van der Waals surface area (Å²) in [4.78, 5) is 3.78. The van der Waals surface area contributed by atoms with Gasteiger partial charge in [0.05, 0.1) is 0 Å². The van der Waals surface area contributed by atoms with Gasteiger partial charge in [0.25, 0.3) is 0 Å². The summed E-state index contributed by atoms with van der Waals surface area (Å²) in [5.74, 6) is 0. The van der Waals surface area contributed by atoms with E-state index in [9.17, 15) is 0 Å². The number of aromatic nitrogens is 1.